The van der Waals surface area contributed by atoms with Crippen LogP contribution in [0.4, 0.5) is 0 Å². The molecule has 0 N–H and O–H groups in total. The first-order valence-electron chi connectivity index (χ1n) is 7.08. The molecule has 0 aromatic heterocycles. The van der Waals surface area contributed by atoms with E-state index in [1.165, 1.54) is 0 Å². The zero-order chi connectivity index (χ0) is 14.4. The van der Waals surface area contributed by atoms with E-state index in [9.17, 15) is 0 Å². The molecule has 0 saturated carbocycles. The van der Waals surface area contributed by atoms with Crippen LogP contribution in [0.25, 0.3) is 0 Å². The Bertz CT molecular complexity index is 459. The van der Waals surface area contributed by atoms with Crippen LogP contribution in [0.3, 0.4) is 0 Å². The van der Waals surface area contributed by atoms with Gasteiger partial charge in [0.2, 0.25) is 0 Å². The molecule has 1 aromatic rings. The summed E-state index contributed by atoms with van der Waals surface area (Å²) >= 11 is 0. The number of para-hydroxylation sites is 1. The molecule has 20 heavy (non-hydrogen) atoms. The summed E-state index contributed by atoms with van der Waals surface area (Å²) in [6, 6.07) is 9.35. The molecule has 0 spiro atoms. The van der Waals surface area contributed by atoms with Crippen molar-refractivity contribution in [3.8, 4) is 11.8 Å². The SMILES string of the molecule is CC1CC(OCCOc2ccccc2C#N)CC(C)O1. The minimum Gasteiger partial charge on any atom is -0.490 e. The zero-order valence-electron chi connectivity index (χ0n) is 12.0. The van der Waals surface area contributed by atoms with E-state index in [1.54, 1.807) is 12.1 Å². The van der Waals surface area contributed by atoms with Gasteiger partial charge < -0.3 is 14.2 Å². The highest BCUT2D eigenvalue weighted by Gasteiger charge is 2.24. The Morgan fingerprint density at radius 1 is 1.20 bits per heavy atom. The summed E-state index contributed by atoms with van der Waals surface area (Å²) in [5.74, 6) is 0.618. The molecular formula is C16H21NO3. The van der Waals surface area contributed by atoms with Crippen molar-refractivity contribution in [3.05, 3.63) is 29.8 Å². The van der Waals surface area contributed by atoms with Gasteiger partial charge in [-0.15, -0.1) is 0 Å². The van der Waals surface area contributed by atoms with Crippen LogP contribution in [0, 0.1) is 11.3 Å². The summed E-state index contributed by atoms with van der Waals surface area (Å²) in [6.07, 6.45) is 2.61. The van der Waals surface area contributed by atoms with Crippen LogP contribution >= 0.6 is 0 Å². The predicted molar refractivity (Wildman–Crippen MR) is 75.6 cm³/mol. The third-order valence-electron chi connectivity index (χ3n) is 3.36. The minimum atomic E-state index is 0.239. The third kappa shape index (κ3) is 4.22. The Labute approximate surface area is 120 Å². The largest absolute Gasteiger partial charge is 0.490 e. The van der Waals surface area contributed by atoms with Gasteiger partial charge in [0.25, 0.3) is 0 Å². The molecular weight excluding hydrogens is 254 g/mol. The molecule has 2 unspecified atom stereocenters. The van der Waals surface area contributed by atoms with Gasteiger partial charge in [0.15, 0.2) is 0 Å². The van der Waals surface area contributed by atoms with Crippen LogP contribution in [-0.4, -0.2) is 31.5 Å². The molecule has 1 fully saturated rings. The summed E-state index contributed by atoms with van der Waals surface area (Å²) in [4.78, 5) is 0. The van der Waals surface area contributed by atoms with Gasteiger partial charge in [-0.1, -0.05) is 12.1 Å². The Morgan fingerprint density at radius 2 is 1.90 bits per heavy atom. The van der Waals surface area contributed by atoms with Gasteiger partial charge in [-0.05, 0) is 38.8 Å². The van der Waals surface area contributed by atoms with E-state index in [2.05, 4.69) is 19.9 Å². The Hall–Kier alpha value is -1.57. The second-order valence-corrected chi connectivity index (χ2v) is 5.18. The lowest BCUT2D eigenvalue weighted by molar-refractivity contribution is -0.104. The summed E-state index contributed by atoms with van der Waals surface area (Å²) in [5, 5.41) is 8.96. The maximum absolute atomic E-state index is 8.96. The van der Waals surface area contributed by atoms with Crippen molar-refractivity contribution in [1.29, 1.82) is 5.26 Å². The molecule has 2 rings (SSSR count). The van der Waals surface area contributed by atoms with E-state index in [0.717, 1.165) is 12.8 Å². The molecule has 1 heterocycles. The van der Waals surface area contributed by atoms with Crippen LogP contribution in [-0.2, 0) is 9.47 Å². The fraction of sp³-hybridized carbons (Fsp3) is 0.562. The van der Waals surface area contributed by atoms with Crippen LogP contribution in [0.1, 0.15) is 32.3 Å². The number of nitrogens with zero attached hydrogens (tertiary/aromatic N) is 1. The topological polar surface area (TPSA) is 51.5 Å². The smallest absolute Gasteiger partial charge is 0.137 e. The van der Waals surface area contributed by atoms with Crippen LogP contribution in [0.15, 0.2) is 24.3 Å². The van der Waals surface area contributed by atoms with Crippen LogP contribution in [0.5, 0.6) is 5.75 Å². The highest BCUT2D eigenvalue weighted by Crippen LogP contribution is 2.21. The first kappa shape index (κ1) is 14.8. The number of ether oxygens (including phenoxy) is 3. The fourth-order valence-corrected chi connectivity index (χ4v) is 2.53. The monoisotopic (exact) mass is 275 g/mol. The molecule has 1 aliphatic heterocycles. The van der Waals surface area contributed by atoms with Crippen molar-refractivity contribution < 1.29 is 14.2 Å². The fourth-order valence-electron chi connectivity index (χ4n) is 2.53. The Kier molecular flexibility index (Phi) is 5.40. The maximum atomic E-state index is 8.96. The summed E-state index contributed by atoms with van der Waals surface area (Å²) < 4.78 is 17.1. The molecule has 0 amide bonds. The second-order valence-electron chi connectivity index (χ2n) is 5.18. The second kappa shape index (κ2) is 7.28. The van der Waals surface area contributed by atoms with E-state index >= 15 is 0 Å². The quantitative estimate of drug-likeness (QED) is 0.775. The Balaban J connectivity index is 1.73. The van der Waals surface area contributed by atoms with Gasteiger partial charge in [-0.25, -0.2) is 0 Å². The number of nitriles is 1. The highest BCUT2D eigenvalue weighted by molar-refractivity contribution is 5.42. The van der Waals surface area contributed by atoms with Crippen molar-refractivity contribution in [1.82, 2.24) is 0 Å². The number of hydrogen-bond donors (Lipinski definition) is 0. The standard InChI is InChI=1S/C16H21NO3/c1-12-9-15(10-13(2)20-12)18-7-8-19-16-6-4-3-5-14(16)11-17/h3-6,12-13,15H,7-10H2,1-2H3. The van der Waals surface area contributed by atoms with Gasteiger partial charge in [0, 0.05) is 0 Å². The average Bonchev–Trinajstić information content (AvgIpc) is 2.43. The molecule has 108 valence electrons. The van der Waals surface area contributed by atoms with Crippen molar-refractivity contribution in [2.45, 2.75) is 45.0 Å². The lowest BCUT2D eigenvalue weighted by atomic mass is 10.0. The van der Waals surface area contributed by atoms with E-state index in [0.29, 0.717) is 24.5 Å². The summed E-state index contributed by atoms with van der Waals surface area (Å²) in [5.41, 5.74) is 0.556. The van der Waals surface area contributed by atoms with Gasteiger partial charge >= 0.3 is 0 Å². The van der Waals surface area contributed by atoms with Crippen molar-refractivity contribution in [2.24, 2.45) is 0 Å². The maximum Gasteiger partial charge on any atom is 0.137 e. The zero-order valence-corrected chi connectivity index (χ0v) is 12.0. The van der Waals surface area contributed by atoms with Crippen LogP contribution in [0.2, 0.25) is 0 Å². The van der Waals surface area contributed by atoms with Gasteiger partial charge in [0.1, 0.15) is 18.4 Å². The number of rotatable bonds is 5. The molecule has 2 atom stereocenters. The van der Waals surface area contributed by atoms with E-state index in [1.807, 2.05) is 12.1 Å². The van der Waals surface area contributed by atoms with Crippen molar-refractivity contribution >= 4 is 0 Å². The molecule has 1 aromatic carbocycles. The molecule has 4 nitrogen and oxygen atoms in total. The highest BCUT2D eigenvalue weighted by atomic mass is 16.5. The van der Waals surface area contributed by atoms with Crippen molar-refractivity contribution in [3.63, 3.8) is 0 Å². The average molecular weight is 275 g/mol. The molecule has 4 heteroatoms. The van der Waals surface area contributed by atoms with Gasteiger partial charge in [-0.3, -0.25) is 0 Å². The normalized spacial score (nSPS) is 25.9. The summed E-state index contributed by atoms with van der Waals surface area (Å²) in [7, 11) is 0. The van der Waals surface area contributed by atoms with Gasteiger partial charge in [-0.2, -0.15) is 5.26 Å². The van der Waals surface area contributed by atoms with Crippen molar-refractivity contribution in [2.75, 3.05) is 13.2 Å². The van der Waals surface area contributed by atoms with E-state index in [-0.39, 0.29) is 18.3 Å². The Morgan fingerprint density at radius 3 is 2.60 bits per heavy atom. The summed E-state index contributed by atoms with van der Waals surface area (Å²) in [6.45, 7) is 5.14. The lowest BCUT2D eigenvalue weighted by Gasteiger charge is -2.31. The van der Waals surface area contributed by atoms with Gasteiger partial charge in [0.05, 0.1) is 30.5 Å². The minimum absolute atomic E-state index is 0.239. The molecule has 1 aliphatic rings. The third-order valence-corrected chi connectivity index (χ3v) is 3.36. The van der Waals surface area contributed by atoms with E-state index in [4.69, 9.17) is 19.5 Å². The van der Waals surface area contributed by atoms with E-state index < -0.39 is 0 Å². The molecule has 0 radical (unpaired) electrons. The molecule has 0 bridgehead atoms. The van der Waals surface area contributed by atoms with Crippen LogP contribution < -0.4 is 4.74 Å². The number of benzene rings is 1. The lowest BCUT2D eigenvalue weighted by Crippen LogP contribution is -2.34. The first-order chi connectivity index (χ1) is 9.69. The predicted octanol–water partition coefficient (Wildman–Crippen LogP) is 2.91. The number of hydrogen-bond acceptors (Lipinski definition) is 4. The first-order valence-corrected chi connectivity index (χ1v) is 7.08. The molecule has 0 aliphatic carbocycles. The molecule has 1 saturated heterocycles.